The number of carboxylic acids is 1. The first-order valence-electron chi connectivity index (χ1n) is 15.4. The number of aliphatic carboxylic acids is 1. The minimum atomic E-state index is -0.916. The number of hydrogen-bond acceptors (Lipinski definition) is 3. The fourth-order valence-corrected chi connectivity index (χ4v) is 4.93. The minimum Gasteiger partial charge on any atom is -0.478 e. The van der Waals surface area contributed by atoms with Gasteiger partial charge >= 0.3 is 11.9 Å². The third kappa shape index (κ3) is 13.3. The summed E-state index contributed by atoms with van der Waals surface area (Å²) in [6, 6.07) is 13.8. The van der Waals surface area contributed by atoms with Crippen LogP contribution in [0, 0.1) is 0 Å². The largest absolute Gasteiger partial charge is 0.478 e. The van der Waals surface area contributed by atoms with Crippen molar-refractivity contribution in [2.45, 2.75) is 117 Å². The van der Waals surface area contributed by atoms with Crippen LogP contribution in [0.2, 0.25) is 0 Å². The predicted octanol–water partition coefficient (Wildman–Crippen LogP) is 10.3. The van der Waals surface area contributed by atoms with E-state index in [1.54, 1.807) is 26.0 Å². The summed E-state index contributed by atoms with van der Waals surface area (Å²) >= 11 is 0. The van der Waals surface area contributed by atoms with Crippen molar-refractivity contribution in [2.75, 3.05) is 0 Å². The van der Waals surface area contributed by atoms with Gasteiger partial charge in [0.1, 0.15) is 5.75 Å². The van der Waals surface area contributed by atoms with Crippen LogP contribution in [0.1, 0.15) is 122 Å². The Kier molecular flexibility index (Phi) is 16.4. The van der Waals surface area contributed by atoms with Crippen LogP contribution in [-0.2, 0) is 16.0 Å². The number of ether oxygens (including phenoxy) is 1. The highest BCUT2D eigenvalue weighted by atomic mass is 16.5. The molecule has 0 amide bonds. The molecule has 2 aromatic rings. The molecule has 0 saturated heterocycles. The zero-order chi connectivity index (χ0) is 29.0. The van der Waals surface area contributed by atoms with Gasteiger partial charge in [-0.1, -0.05) is 127 Å². The lowest BCUT2D eigenvalue weighted by molar-refractivity contribution is -0.132. The van der Waals surface area contributed by atoms with Crippen LogP contribution in [0.15, 0.2) is 60.2 Å². The number of unbranched alkanes of at least 4 members (excludes halogenated alkanes) is 13. The number of benzene rings is 2. The normalized spacial score (nSPS) is 11.7. The third-order valence-electron chi connectivity index (χ3n) is 7.34. The lowest BCUT2D eigenvalue weighted by Crippen LogP contribution is -2.06. The Morgan fingerprint density at radius 3 is 1.80 bits per heavy atom. The van der Waals surface area contributed by atoms with Gasteiger partial charge in [-0.3, -0.25) is 0 Å². The number of carboxylic acid groups (broad SMARTS) is 1. The van der Waals surface area contributed by atoms with Crippen molar-refractivity contribution in [2.24, 2.45) is 0 Å². The summed E-state index contributed by atoms with van der Waals surface area (Å²) in [7, 11) is 0. The van der Waals surface area contributed by atoms with Crippen molar-refractivity contribution in [3.05, 3.63) is 71.3 Å². The molecule has 0 fully saturated rings. The lowest BCUT2D eigenvalue weighted by atomic mass is 9.97. The first kappa shape index (κ1) is 33.1. The Morgan fingerprint density at radius 1 is 0.750 bits per heavy atom. The van der Waals surface area contributed by atoms with Gasteiger partial charge in [-0.05, 0) is 67.2 Å². The number of esters is 1. The molecular weight excluding hydrogens is 496 g/mol. The topological polar surface area (TPSA) is 63.6 Å². The van der Waals surface area contributed by atoms with Gasteiger partial charge in [0.2, 0.25) is 0 Å². The Labute approximate surface area is 242 Å². The molecule has 0 aromatic heterocycles. The highest BCUT2D eigenvalue weighted by molar-refractivity contribution is 5.91. The van der Waals surface area contributed by atoms with E-state index in [1.807, 2.05) is 36.4 Å². The second kappa shape index (κ2) is 19.8. The van der Waals surface area contributed by atoms with E-state index in [-0.39, 0.29) is 5.97 Å². The van der Waals surface area contributed by atoms with Crippen molar-refractivity contribution < 1.29 is 19.4 Å². The molecule has 0 aliphatic heterocycles. The summed E-state index contributed by atoms with van der Waals surface area (Å²) in [6.07, 6.45) is 24.2. The monoisotopic (exact) mass is 546 g/mol. The number of carbonyl (C=O) groups excluding carboxylic acids is 1. The number of hydrogen-bond donors (Lipinski definition) is 1. The summed E-state index contributed by atoms with van der Waals surface area (Å²) in [6.45, 7) is 5.66. The summed E-state index contributed by atoms with van der Waals surface area (Å²) in [5.41, 5.74) is 4.29. The van der Waals surface area contributed by atoms with E-state index < -0.39 is 5.97 Å². The Morgan fingerprint density at radius 2 is 1.27 bits per heavy atom. The van der Waals surface area contributed by atoms with Crippen LogP contribution in [-0.4, -0.2) is 17.0 Å². The highest BCUT2D eigenvalue weighted by Crippen LogP contribution is 2.29. The first-order valence-corrected chi connectivity index (χ1v) is 15.4. The fourth-order valence-electron chi connectivity index (χ4n) is 4.93. The molecule has 4 nitrogen and oxygen atoms in total. The molecule has 0 spiro atoms. The molecule has 0 aliphatic carbocycles. The number of rotatable bonds is 20. The maximum absolute atomic E-state index is 12.1. The molecule has 0 unspecified atom stereocenters. The average molecular weight is 547 g/mol. The van der Waals surface area contributed by atoms with Crippen LogP contribution in [0.25, 0.3) is 17.2 Å². The van der Waals surface area contributed by atoms with Crippen LogP contribution in [0.4, 0.5) is 0 Å². The van der Waals surface area contributed by atoms with E-state index in [1.165, 1.54) is 89.5 Å². The van der Waals surface area contributed by atoms with Gasteiger partial charge in [-0.2, -0.15) is 0 Å². The van der Waals surface area contributed by atoms with Gasteiger partial charge < -0.3 is 9.84 Å². The first-order chi connectivity index (χ1) is 19.4. The number of aryl methyl sites for hydroxylation is 1. The summed E-state index contributed by atoms with van der Waals surface area (Å²) < 4.78 is 5.64. The molecule has 2 rings (SSSR count). The van der Waals surface area contributed by atoms with Crippen molar-refractivity contribution in [1.82, 2.24) is 0 Å². The second-order valence-corrected chi connectivity index (χ2v) is 10.8. The Bertz CT molecular complexity index is 1080. The zero-order valence-corrected chi connectivity index (χ0v) is 25.1. The molecular formula is C36H50O4. The molecule has 0 radical (unpaired) electrons. The van der Waals surface area contributed by atoms with Gasteiger partial charge in [0.05, 0.1) is 0 Å². The zero-order valence-electron chi connectivity index (χ0n) is 25.1. The quantitative estimate of drug-likeness (QED) is 0.0776. The molecule has 0 saturated carbocycles. The molecule has 0 aliphatic rings. The smallest absolute Gasteiger partial charge is 0.335 e. The minimum absolute atomic E-state index is 0.301. The standard InChI is InChI=1S/C36H50O4/c1-4-6-7-8-9-10-11-12-13-14-15-16-17-18-20-33-28-32(25-26-34(33)40-35(37)19-5-2)31-23-21-30(22-24-31)27-29(3)36(38)39/h5,19,21-28H,4,6-18,20H2,1-3H3,(H,38,39). The Balaban J connectivity index is 1.86. The molecule has 218 valence electrons. The summed E-state index contributed by atoms with van der Waals surface area (Å²) in [5.74, 6) is -0.652. The van der Waals surface area contributed by atoms with E-state index in [9.17, 15) is 9.59 Å². The van der Waals surface area contributed by atoms with E-state index in [0.29, 0.717) is 11.3 Å². The lowest BCUT2D eigenvalue weighted by Gasteiger charge is -2.12. The van der Waals surface area contributed by atoms with E-state index >= 15 is 0 Å². The molecule has 1 N–H and O–H groups in total. The Hall–Kier alpha value is -3.14. The molecule has 0 bridgehead atoms. The fraction of sp³-hybridized carbons (Fsp3) is 0.500. The van der Waals surface area contributed by atoms with Gasteiger partial charge in [-0.25, -0.2) is 9.59 Å². The number of carbonyl (C=O) groups is 2. The van der Waals surface area contributed by atoms with Crippen molar-refractivity contribution >= 4 is 18.0 Å². The molecule has 0 heterocycles. The van der Waals surface area contributed by atoms with Crippen molar-refractivity contribution in [3.8, 4) is 16.9 Å². The van der Waals surface area contributed by atoms with Gasteiger partial charge in [-0.15, -0.1) is 0 Å². The van der Waals surface area contributed by atoms with Gasteiger partial charge in [0.15, 0.2) is 0 Å². The maximum atomic E-state index is 12.1. The van der Waals surface area contributed by atoms with E-state index in [2.05, 4.69) is 13.0 Å². The predicted molar refractivity (Wildman–Crippen MR) is 168 cm³/mol. The second-order valence-electron chi connectivity index (χ2n) is 10.8. The average Bonchev–Trinajstić information content (AvgIpc) is 2.94. The van der Waals surface area contributed by atoms with Crippen LogP contribution < -0.4 is 4.74 Å². The summed E-state index contributed by atoms with van der Waals surface area (Å²) in [5, 5.41) is 9.12. The van der Waals surface area contributed by atoms with Crippen LogP contribution >= 0.6 is 0 Å². The molecule has 0 atom stereocenters. The number of allylic oxidation sites excluding steroid dienone is 1. The van der Waals surface area contributed by atoms with E-state index in [4.69, 9.17) is 9.84 Å². The van der Waals surface area contributed by atoms with Crippen molar-refractivity contribution in [3.63, 3.8) is 0 Å². The SMILES string of the molecule is CC=CC(=O)Oc1ccc(-c2ccc(C=C(C)C(=O)O)cc2)cc1CCCCCCCCCCCCCCCC. The van der Waals surface area contributed by atoms with Crippen LogP contribution in [0.5, 0.6) is 5.75 Å². The molecule has 4 heteroatoms. The van der Waals surface area contributed by atoms with Crippen molar-refractivity contribution in [1.29, 1.82) is 0 Å². The van der Waals surface area contributed by atoms with E-state index in [0.717, 1.165) is 35.1 Å². The molecule has 2 aromatic carbocycles. The summed E-state index contributed by atoms with van der Waals surface area (Å²) in [4.78, 5) is 23.3. The van der Waals surface area contributed by atoms with Crippen LogP contribution in [0.3, 0.4) is 0 Å². The van der Waals surface area contributed by atoms with Gasteiger partial charge in [0.25, 0.3) is 0 Å². The molecule has 40 heavy (non-hydrogen) atoms. The maximum Gasteiger partial charge on any atom is 0.335 e. The highest BCUT2D eigenvalue weighted by Gasteiger charge is 2.10. The third-order valence-corrected chi connectivity index (χ3v) is 7.34. The van der Waals surface area contributed by atoms with Gasteiger partial charge in [0, 0.05) is 11.6 Å².